The van der Waals surface area contributed by atoms with Gasteiger partial charge in [-0.15, -0.1) is 0 Å². The number of anilines is 2. The Morgan fingerprint density at radius 2 is 1.55 bits per heavy atom. The average molecular weight is 512 g/mol. The van der Waals surface area contributed by atoms with Crippen LogP contribution < -0.4 is 20.1 Å². The molecule has 1 amide bonds. The number of aromatic nitrogens is 2. The summed E-state index contributed by atoms with van der Waals surface area (Å²) < 4.78 is 10.9. The fourth-order valence-electron chi connectivity index (χ4n) is 5.39. The van der Waals surface area contributed by atoms with Crippen LogP contribution >= 0.6 is 0 Å². The molecule has 0 unspecified atom stereocenters. The van der Waals surface area contributed by atoms with Crippen LogP contribution in [0.25, 0.3) is 10.9 Å². The van der Waals surface area contributed by atoms with Crippen LogP contribution in [0.1, 0.15) is 28.8 Å². The van der Waals surface area contributed by atoms with Crippen LogP contribution in [-0.4, -0.2) is 61.7 Å². The van der Waals surface area contributed by atoms with Crippen molar-refractivity contribution in [2.75, 3.05) is 51.5 Å². The van der Waals surface area contributed by atoms with Gasteiger partial charge in [-0.2, -0.15) is 4.98 Å². The van der Waals surface area contributed by atoms with Crippen LogP contribution in [0.5, 0.6) is 11.5 Å². The van der Waals surface area contributed by atoms with Gasteiger partial charge >= 0.3 is 0 Å². The second-order valence-electron chi connectivity index (χ2n) is 9.79. The lowest BCUT2D eigenvalue weighted by molar-refractivity contribution is 0.0669. The van der Waals surface area contributed by atoms with E-state index in [2.05, 4.69) is 34.1 Å². The summed E-state index contributed by atoms with van der Waals surface area (Å²) in [6, 6.07) is 23.6. The van der Waals surface area contributed by atoms with Crippen LogP contribution in [0.2, 0.25) is 0 Å². The molecular formula is C30H33N5O3. The Morgan fingerprint density at radius 1 is 0.947 bits per heavy atom. The molecule has 1 aromatic heterocycles. The van der Waals surface area contributed by atoms with Crippen LogP contribution in [0.4, 0.5) is 11.8 Å². The Morgan fingerprint density at radius 3 is 2.18 bits per heavy atom. The predicted molar refractivity (Wildman–Crippen MR) is 150 cm³/mol. The van der Waals surface area contributed by atoms with E-state index in [-0.39, 0.29) is 11.3 Å². The maximum atomic E-state index is 13.1. The van der Waals surface area contributed by atoms with Gasteiger partial charge in [0.05, 0.1) is 19.7 Å². The molecule has 1 aliphatic heterocycles. The number of carbonyl (C=O) groups excluding carboxylic acids is 1. The first kappa shape index (κ1) is 25.3. The molecule has 0 bridgehead atoms. The second-order valence-corrected chi connectivity index (χ2v) is 9.79. The first-order chi connectivity index (χ1) is 18.4. The Balaban J connectivity index is 1.43. The summed E-state index contributed by atoms with van der Waals surface area (Å²) in [7, 11) is 5.18. The van der Waals surface area contributed by atoms with Gasteiger partial charge in [0, 0.05) is 49.1 Å². The largest absolute Gasteiger partial charge is 0.493 e. The summed E-state index contributed by atoms with van der Waals surface area (Å²) in [6.07, 6.45) is 1.65. The number of amides is 1. The average Bonchev–Trinajstić information content (AvgIpc) is 2.97. The maximum Gasteiger partial charge on any atom is 0.253 e. The Labute approximate surface area is 223 Å². The van der Waals surface area contributed by atoms with E-state index in [4.69, 9.17) is 20.2 Å². The van der Waals surface area contributed by atoms with Crippen molar-refractivity contribution in [3.05, 3.63) is 83.9 Å². The number of piperidine rings is 1. The third-order valence-electron chi connectivity index (χ3n) is 7.51. The summed E-state index contributed by atoms with van der Waals surface area (Å²) in [5.41, 5.74) is 8.87. The second kappa shape index (κ2) is 10.6. The molecule has 196 valence electrons. The summed E-state index contributed by atoms with van der Waals surface area (Å²) >= 11 is 0. The van der Waals surface area contributed by atoms with Crippen LogP contribution in [0.15, 0.2) is 72.8 Å². The Hall–Kier alpha value is -4.33. The zero-order valence-corrected chi connectivity index (χ0v) is 22.1. The molecule has 8 nitrogen and oxygen atoms in total. The first-order valence-electron chi connectivity index (χ1n) is 12.7. The van der Waals surface area contributed by atoms with Crippen LogP contribution in [-0.2, 0) is 5.41 Å². The lowest BCUT2D eigenvalue weighted by atomic mass is 9.72. The minimum absolute atomic E-state index is 0.0793. The summed E-state index contributed by atoms with van der Waals surface area (Å²) in [4.78, 5) is 26.6. The molecule has 1 saturated heterocycles. The van der Waals surface area contributed by atoms with E-state index in [1.54, 1.807) is 20.3 Å². The number of likely N-dealkylation sites (N-methyl/N-ethyl adjacent to an activating group) is 1. The van der Waals surface area contributed by atoms with Gasteiger partial charge in [0.25, 0.3) is 5.91 Å². The first-order valence-corrected chi connectivity index (χ1v) is 12.7. The maximum absolute atomic E-state index is 13.1. The van der Waals surface area contributed by atoms with Gasteiger partial charge in [-0.1, -0.05) is 48.5 Å². The number of rotatable bonds is 7. The fraction of sp³-hybridized carbons (Fsp3) is 0.300. The highest BCUT2D eigenvalue weighted by molar-refractivity contribution is 5.94. The lowest BCUT2D eigenvalue weighted by Crippen LogP contribution is -2.50. The van der Waals surface area contributed by atoms with E-state index in [0.717, 1.165) is 18.4 Å². The highest BCUT2D eigenvalue weighted by Crippen LogP contribution is 2.38. The van der Waals surface area contributed by atoms with Crippen LogP contribution in [0, 0.1) is 0 Å². The van der Waals surface area contributed by atoms with Gasteiger partial charge < -0.3 is 25.0 Å². The van der Waals surface area contributed by atoms with E-state index >= 15 is 0 Å². The third-order valence-corrected chi connectivity index (χ3v) is 7.51. The number of nitrogens with zero attached hydrogens (tertiary/aromatic N) is 4. The molecule has 2 N–H and O–H groups in total. The SMILES string of the molecule is COc1cc2nc(N(C)CC3(c4ccccc4)CCN(C(=O)c4ccccc4)CC3)nc(N)c2cc1OC. The summed E-state index contributed by atoms with van der Waals surface area (Å²) in [6.45, 7) is 2.03. The van der Waals surface area contributed by atoms with Crippen molar-refractivity contribution in [1.82, 2.24) is 14.9 Å². The molecule has 0 aliphatic carbocycles. The molecule has 3 aromatic carbocycles. The van der Waals surface area contributed by atoms with E-state index < -0.39 is 0 Å². The molecule has 2 heterocycles. The van der Waals surface area contributed by atoms with Crippen molar-refractivity contribution in [2.24, 2.45) is 0 Å². The van der Waals surface area contributed by atoms with Gasteiger partial charge in [0.1, 0.15) is 5.82 Å². The minimum atomic E-state index is -0.172. The fourth-order valence-corrected chi connectivity index (χ4v) is 5.39. The zero-order valence-electron chi connectivity index (χ0n) is 22.1. The van der Waals surface area contributed by atoms with Crippen LogP contribution in [0.3, 0.4) is 0 Å². The number of benzene rings is 3. The number of hydrogen-bond acceptors (Lipinski definition) is 7. The molecule has 0 saturated carbocycles. The van der Waals surface area contributed by atoms with E-state index in [9.17, 15) is 4.79 Å². The lowest BCUT2D eigenvalue weighted by Gasteiger charge is -2.44. The van der Waals surface area contributed by atoms with Crippen molar-refractivity contribution >= 4 is 28.6 Å². The van der Waals surface area contributed by atoms with Gasteiger partial charge in [-0.25, -0.2) is 4.98 Å². The quantitative estimate of drug-likeness (QED) is 0.389. The smallest absolute Gasteiger partial charge is 0.253 e. The highest BCUT2D eigenvalue weighted by atomic mass is 16.5. The molecule has 38 heavy (non-hydrogen) atoms. The predicted octanol–water partition coefficient (Wildman–Crippen LogP) is 4.54. The molecule has 1 fully saturated rings. The molecule has 0 radical (unpaired) electrons. The van der Waals surface area contributed by atoms with E-state index in [1.807, 2.05) is 54.4 Å². The Kier molecular flexibility index (Phi) is 7.05. The van der Waals surface area contributed by atoms with Crippen molar-refractivity contribution < 1.29 is 14.3 Å². The summed E-state index contributed by atoms with van der Waals surface area (Å²) in [5, 5.41) is 0.713. The van der Waals surface area contributed by atoms with Gasteiger partial charge in [-0.3, -0.25) is 4.79 Å². The molecule has 0 atom stereocenters. The van der Waals surface area contributed by atoms with Gasteiger partial charge in [0.15, 0.2) is 11.5 Å². The van der Waals surface area contributed by atoms with Crippen molar-refractivity contribution in [3.63, 3.8) is 0 Å². The number of methoxy groups -OCH3 is 2. The zero-order chi connectivity index (χ0) is 26.7. The number of fused-ring (bicyclic) bond motifs is 1. The molecule has 5 rings (SSSR count). The van der Waals surface area contributed by atoms with Gasteiger partial charge in [0.2, 0.25) is 5.95 Å². The van der Waals surface area contributed by atoms with Crippen molar-refractivity contribution in [3.8, 4) is 11.5 Å². The van der Waals surface area contributed by atoms with Gasteiger partial charge in [-0.05, 0) is 36.6 Å². The van der Waals surface area contributed by atoms with Crippen molar-refractivity contribution in [1.29, 1.82) is 0 Å². The number of ether oxygens (including phenoxy) is 2. The number of nitrogens with two attached hydrogens (primary N) is 1. The minimum Gasteiger partial charge on any atom is -0.493 e. The Bertz CT molecular complexity index is 1420. The third kappa shape index (κ3) is 4.81. The molecular weight excluding hydrogens is 478 g/mol. The molecule has 0 spiro atoms. The number of carbonyl (C=O) groups is 1. The number of nitrogen functional groups attached to an aromatic ring is 1. The highest BCUT2D eigenvalue weighted by Gasteiger charge is 2.39. The number of hydrogen-bond donors (Lipinski definition) is 1. The molecule has 4 aromatic rings. The monoisotopic (exact) mass is 511 g/mol. The topological polar surface area (TPSA) is 93.8 Å². The molecule has 8 heteroatoms. The number of likely N-dealkylation sites (tertiary alicyclic amines) is 1. The van der Waals surface area contributed by atoms with E-state index in [0.29, 0.717) is 53.8 Å². The molecule has 1 aliphatic rings. The normalized spacial score (nSPS) is 14.8. The van der Waals surface area contributed by atoms with Crippen molar-refractivity contribution in [2.45, 2.75) is 18.3 Å². The summed E-state index contributed by atoms with van der Waals surface area (Å²) in [5.74, 6) is 2.17. The standard InChI is InChI=1S/C30H33N5O3/c1-34(29-32-24-19-26(38-3)25(37-2)18-23(24)27(31)33-29)20-30(22-12-8-5-9-13-22)14-16-35(17-15-30)28(36)21-10-6-4-7-11-21/h4-13,18-19H,14-17,20H2,1-3H3,(H2,31,32,33). The van der Waals surface area contributed by atoms with E-state index in [1.165, 1.54) is 5.56 Å².